The van der Waals surface area contributed by atoms with E-state index in [4.69, 9.17) is 9.47 Å². The van der Waals surface area contributed by atoms with Crippen molar-refractivity contribution < 1.29 is 39.5 Å². The largest absolute Gasteiger partial charge is 0.463 e. The average Bonchev–Trinajstić information content (AvgIpc) is 3.24. The van der Waals surface area contributed by atoms with Gasteiger partial charge in [-0.2, -0.15) is 0 Å². The first-order valence-electron chi connectivity index (χ1n) is 16.6. The van der Waals surface area contributed by atoms with E-state index in [0.29, 0.717) is 19.3 Å². The van der Waals surface area contributed by atoms with E-state index >= 15 is 0 Å². The molecule has 1 fully saturated rings. The average molecular weight is 597 g/mol. The van der Waals surface area contributed by atoms with Crippen LogP contribution in [0.4, 0.5) is 0 Å². The lowest BCUT2D eigenvalue weighted by molar-refractivity contribution is -0.151. The molecule has 0 aromatic carbocycles. The third-order valence-electron chi connectivity index (χ3n) is 8.04. The van der Waals surface area contributed by atoms with Gasteiger partial charge in [-0.05, 0) is 25.2 Å². The smallest absolute Gasteiger partial charge is 0.309 e. The Balaban J connectivity index is 2.18. The number of aliphatic hydroxyl groups is 4. The van der Waals surface area contributed by atoms with Crippen molar-refractivity contribution in [3.05, 3.63) is 24.3 Å². The first-order chi connectivity index (χ1) is 20.3. The number of rotatable bonds is 25. The van der Waals surface area contributed by atoms with E-state index in [1.807, 2.05) is 6.08 Å². The van der Waals surface area contributed by atoms with Crippen LogP contribution < -0.4 is 0 Å². The number of hydrogen-bond donors (Lipinski definition) is 4. The molecule has 0 bridgehead atoms. The summed E-state index contributed by atoms with van der Waals surface area (Å²) >= 11 is 0. The predicted molar refractivity (Wildman–Crippen MR) is 166 cm³/mol. The molecule has 1 aliphatic carbocycles. The molecule has 6 atom stereocenters. The lowest BCUT2D eigenvalue weighted by Gasteiger charge is -2.19. The van der Waals surface area contributed by atoms with Gasteiger partial charge in [0.25, 0.3) is 0 Å². The number of esters is 2. The molecule has 1 saturated carbocycles. The monoisotopic (exact) mass is 596 g/mol. The minimum absolute atomic E-state index is 0.00721. The Labute approximate surface area is 254 Å². The van der Waals surface area contributed by atoms with Crippen LogP contribution in [0.15, 0.2) is 24.3 Å². The van der Waals surface area contributed by atoms with Gasteiger partial charge in [-0.15, -0.1) is 0 Å². The maximum absolute atomic E-state index is 12.0. The molecular formula is C34H60O8. The highest BCUT2D eigenvalue weighted by atomic mass is 16.6. The fourth-order valence-corrected chi connectivity index (χ4v) is 5.41. The molecule has 0 spiro atoms. The number of ether oxygens (including phenoxy) is 2. The summed E-state index contributed by atoms with van der Waals surface area (Å²) in [6.07, 6.45) is 20.8. The summed E-state index contributed by atoms with van der Waals surface area (Å²) in [5, 5.41) is 40.9. The summed E-state index contributed by atoms with van der Waals surface area (Å²) in [4.78, 5) is 23.9. The predicted octanol–water partition coefficient (Wildman–Crippen LogP) is 5.94. The van der Waals surface area contributed by atoms with Crippen LogP contribution in [0.5, 0.6) is 0 Å². The highest BCUT2D eigenvalue weighted by molar-refractivity contribution is 5.71. The van der Waals surface area contributed by atoms with Gasteiger partial charge in [0.2, 0.25) is 0 Å². The van der Waals surface area contributed by atoms with Crippen LogP contribution in [0, 0.1) is 11.8 Å². The lowest BCUT2D eigenvalue weighted by Crippen LogP contribution is -2.25. The number of aliphatic hydroxyl groups excluding tert-OH is 4. The molecule has 244 valence electrons. The Morgan fingerprint density at radius 3 is 1.98 bits per heavy atom. The van der Waals surface area contributed by atoms with Gasteiger partial charge in [0.15, 0.2) is 0 Å². The molecule has 1 aliphatic rings. The quantitative estimate of drug-likeness (QED) is 0.0578. The SMILES string of the molecule is CCCCCCCCCCCCC(=O)OC[C@H](O)COC(=O)C/C=C\C[C@H]1[C@@H](/C=C/[C@H](O)CCCCC)[C@H](O)C[C@@H]1O. The van der Waals surface area contributed by atoms with Gasteiger partial charge in [-0.25, -0.2) is 0 Å². The summed E-state index contributed by atoms with van der Waals surface area (Å²) in [5.74, 6) is -1.33. The van der Waals surface area contributed by atoms with Crippen LogP contribution >= 0.6 is 0 Å². The second kappa shape index (κ2) is 24.7. The minimum atomic E-state index is -1.07. The van der Waals surface area contributed by atoms with Gasteiger partial charge in [0, 0.05) is 18.8 Å². The molecule has 0 aromatic heterocycles. The van der Waals surface area contributed by atoms with Crippen molar-refractivity contribution in [1.82, 2.24) is 0 Å². The highest BCUT2D eigenvalue weighted by Gasteiger charge is 2.39. The van der Waals surface area contributed by atoms with Crippen LogP contribution in [0.25, 0.3) is 0 Å². The maximum Gasteiger partial charge on any atom is 0.309 e. The van der Waals surface area contributed by atoms with Crippen molar-refractivity contribution in [3.63, 3.8) is 0 Å². The Morgan fingerprint density at radius 2 is 1.33 bits per heavy atom. The van der Waals surface area contributed by atoms with Gasteiger partial charge < -0.3 is 29.9 Å². The first kappa shape index (κ1) is 38.3. The molecular weight excluding hydrogens is 536 g/mol. The molecule has 8 nitrogen and oxygen atoms in total. The molecule has 42 heavy (non-hydrogen) atoms. The lowest BCUT2D eigenvalue weighted by atomic mass is 9.89. The van der Waals surface area contributed by atoms with Crippen molar-refractivity contribution in [2.45, 2.75) is 154 Å². The topological polar surface area (TPSA) is 134 Å². The Kier molecular flexibility index (Phi) is 22.5. The third-order valence-corrected chi connectivity index (χ3v) is 8.04. The molecule has 0 amide bonds. The van der Waals surface area contributed by atoms with Crippen LogP contribution in [0.3, 0.4) is 0 Å². The van der Waals surface area contributed by atoms with Crippen LogP contribution in [-0.2, 0) is 19.1 Å². The number of unbranched alkanes of at least 4 members (excludes halogenated alkanes) is 11. The minimum Gasteiger partial charge on any atom is -0.463 e. The summed E-state index contributed by atoms with van der Waals surface area (Å²) < 4.78 is 10.2. The van der Waals surface area contributed by atoms with E-state index in [1.165, 1.54) is 44.9 Å². The van der Waals surface area contributed by atoms with E-state index in [9.17, 15) is 30.0 Å². The van der Waals surface area contributed by atoms with Gasteiger partial charge in [-0.3, -0.25) is 9.59 Å². The Hall–Kier alpha value is -1.74. The Bertz CT molecular complexity index is 752. The van der Waals surface area contributed by atoms with Crippen molar-refractivity contribution in [1.29, 1.82) is 0 Å². The van der Waals surface area contributed by atoms with Crippen LogP contribution in [0.1, 0.15) is 129 Å². The molecule has 8 heteroatoms. The van der Waals surface area contributed by atoms with Gasteiger partial charge in [0.05, 0.1) is 24.7 Å². The van der Waals surface area contributed by atoms with E-state index in [0.717, 1.165) is 38.5 Å². The summed E-state index contributed by atoms with van der Waals surface area (Å²) in [6, 6.07) is 0. The van der Waals surface area contributed by atoms with Crippen molar-refractivity contribution in [2.24, 2.45) is 11.8 Å². The van der Waals surface area contributed by atoms with Gasteiger partial charge in [-0.1, -0.05) is 115 Å². The summed E-state index contributed by atoms with van der Waals surface area (Å²) in [7, 11) is 0. The molecule has 0 heterocycles. The molecule has 0 aromatic rings. The van der Waals surface area contributed by atoms with Crippen molar-refractivity contribution >= 4 is 11.9 Å². The van der Waals surface area contributed by atoms with Crippen molar-refractivity contribution in [3.8, 4) is 0 Å². The molecule has 0 aliphatic heterocycles. The van der Waals surface area contributed by atoms with Crippen LogP contribution in [0.2, 0.25) is 0 Å². The standard InChI is InChI=1S/C34H60O8/c1-3-5-7-8-9-10-11-12-13-15-20-33(39)41-25-28(36)26-42-34(40)21-17-16-19-29-30(32(38)24-31(29)37)23-22-27(35)18-14-6-4-2/h16-17,22-23,27-32,35-38H,3-15,18-21,24-26H2,1-2H3/b17-16-,23-22+/t27-,28+,29+,30-,31+,32-/m1/s1. The molecule has 0 unspecified atom stereocenters. The zero-order chi connectivity index (χ0) is 31.0. The first-order valence-corrected chi connectivity index (χ1v) is 16.6. The molecule has 1 rings (SSSR count). The summed E-state index contributed by atoms with van der Waals surface area (Å²) in [6.45, 7) is 3.88. The fraction of sp³-hybridized carbons (Fsp3) is 0.824. The molecule has 0 radical (unpaired) electrons. The van der Waals surface area contributed by atoms with E-state index < -0.39 is 30.4 Å². The molecule has 4 N–H and O–H groups in total. The zero-order valence-corrected chi connectivity index (χ0v) is 26.3. The number of carbonyl (C=O) groups excluding carboxylic acids is 2. The maximum atomic E-state index is 12.0. The highest BCUT2D eigenvalue weighted by Crippen LogP contribution is 2.36. The normalized spacial score (nSPS) is 22.1. The summed E-state index contributed by atoms with van der Waals surface area (Å²) in [5.41, 5.74) is 0. The van der Waals surface area contributed by atoms with Crippen molar-refractivity contribution in [2.75, 3.05) is 13.2 Å². The van der Waals surface area contributed by atoms with E-state index in [2.05, 4.69) is 13.8 Å². The second-order valence-corrected chi connectivity index (χ2v) is 11.9. The fourth-order valence-electron chi connectivity index (χ4n) is 5.41. The third kappa shape index (κ3) is 18.7. The number of carbonyl (C=O) groups is 2. The van der Waals surface area contributed by atoms with Gasteiger partial charge >= 0.3 is 11.9 Å². The van der Waals surface area contributed by atoms with Gasteiger partial charge in [0.1, 0.15) is 19.3 Å². The number of hydrogen-bond acceptors (Lipinski definition) is 8. The molecule has 0 saturated heterocycles. The second-order valence-electron chi connectivity index (χ2n) is 11.9. The van der Waals surface area contributed by atoms with Crippen LogP contribution in [-0.4, -0.2) is 70.0 Å². The zero-order valence-electron chi connectivity index (χ0n) is 26.3. The van der Waals surface area contributed by atoms with E-state index in [-0.39, 0.29) is 43.9 Å². The number of allylic oxidation sites excluding steroid dienone is 1. The Morgan fingerprint density at radius 1 is 0.762 bits per heavy atom. The van der Waals surface area contributed by atoms with E-state index in [1.54, 1.807) is 18.2 Å².